The van der Waals surface area contributed by atoms with Gasteiger partial charge in [0.15, 0.2) is 0 Å². The van der Waals surface area contributed by atoms with E-state index >= 15 is 0 Å². The minimum Gasteiger partial charge on any atom is -0.491 e. The number of ether oxygens (including phenoxy) is 3. The highest BCUT2D eigenvalue weighted by atomic mass is 16.5. The van der Waals surface area contributed by atoms with Crippen LogP contribution >= 0.6 is 0 Å². The molecule has 1 amide bonds. The normalized spacial score (nSPS) is 15.1. The van der Waals surface area contributed by atoms with Crippen molar-refractivity contribution in [1.82, 2.24) is 14.7 Å². The molecular weight excluding hydrogens is 370 g/mol. The van der Waals surface area contributed by atoms with Crippen molar-refractivity contribution in [2.24, 2.45) is 0 Å². The summed E-state index contributed by atoms with van der Waals surface area (Å²) in [6.45, 7) is 13.2. The lowest BCUT2D eigenvalue weighted by Gasteiger charge is -2.35. The number of carbonyl (C=O) groups excluding carboxylic acids is 1. The van der Waals surface area contributed by atoms with Crippen LogP contribution in [0.15, 0.2) is 24.3 Å². The number of nitrogens with zero attached hydrogens (tertiary/aromatic N) is 3. The highest BCUT2D eigenvalue weighted by Crippen LogP contribution is 2.15. The first-order valence-electron chi connectivity index (χ1n) is 10.7. The van der Waals surface area contributed by atoms with Gasteiger partial charge in [-0.3, -0.25) is 14.6 Å². The maximum absolute atomic E-state index is 12.4. The summed E-state index contributed by atoms with van der Waals surface area (Å²) in [5.41, 5.74) is 1.26. The summed E-state index contributed by atoms with van der Waals surface area (Å²) in [6.07, 6.45) is 0. The number of likely N-dealkylation sites (N-methyl/N-ethyl adjacent to an activating group) is 1. The summed E-state index contributed by atoms with van der Waals surface area (Å²) in [7, 11) is 1.66. The molecule has 7 nitrogen and oxygen atoms in total. The fraction of sp³-hybridized carbons (Fsp3) is 0.682. The molecule has 1 aliphatic rings. The van der Waals surface area contributed by atoms with Gasteiger partial charge in [-0.05, 0) is 30.8 Å². The molecule has 1 aromatic rings. The minimum atomic E-state index is 0.251. The Morgan fingerprint density at radius 1 is 0.966 bits per heavy atom. The predicted octanol–water partition coefficient (Wildman–Crippen LogP) is 1.71. The van der Waals surface area contributed by atoms with Crippen molar-refractivity contribution in [1.29, 1.82) is 0 Å². The molecule has 0 spiro atoms. The van der Waals surface area contributed by atoms with E-state index < -0.39 is 0 Å². The van der Waals surface area contributed by atoms with Crippen LogP contribution in [0.25, 0.3) is 0 Å². The van der Waals surface area contributed by atoms with Gasteiger partial charge in [-0.15, -0.1) is 0 Å². The molecule has 1 aromatic carbocycles. The molecule has 0 saturated carbocycles. The number of benzene rings is 1. The van der Waals surface area contributed by atoms with Gasteiger partial charge < -0.3 is 19.1 Å². The average molecular weight is 408 g/mol. The summed E-state index contributed by atoms with van der Waals surface area (Å²) in [5.74, 6) is 1.11. The second-order valence-electron chi connectivity index (χ2n) is 7.22. The largest absolute Gasteiger partial charge is 0.491 e. The Bertz CT molecular complexity index is 570. The number of hydrogen-bond donors (Lipinski definition) is 0. The third-order valence-electron chi connectivity index (χ3n) is 5.24. The minimum absolute atomic E-state index is 0.251. The van der Waals surface area contributed by atoms with Crippen LogP contribution in [-0.2, 0) is 20.8 Å². The van der Waals surface area contributed by atoms with Crippen molar-refractivity contribution < 1.29 is 19.0 Å². The third kappa shape index (κ3) is 8.70. The van der Waals surface area contributed by atoms with E-state index in [1.165, 1.54) is 5.56 Å². The van der Waals surface area contributed by atoms with Crippen LogP contribution in [0, 0.1) is 0 Å². The highest BCUT2D eigenvalue weighted by molar-refractivity contribution is 5.78. The molecule has 0 bridgehead atoms. The van der Waals surface area contributed by atoms with Crippen molar-refractivity contribution in [3.8, 4) is 5.75 Å². The Hall–Kier alpha value is -1.67. The maximum Gasteiger partial charge on any atom is 0.236 e. The number of rotatable bonds is 13. The number of piperazine rings is 1. The Kier molecular flexibility index (Phi) is 11.0. The van der Waals surface area contributed by atoms with Crippen LogP contribution in [0.3, 0.4) is 0 Å². The molecule has 1 heterocycles. The Morgan fingerprint density at radius 3 is 2.24 bits per heavy atom. The van der Waals surface area contributed by atoms with Gasteiger partial charge in [-0.1, -0.05) is 26.0 Å². The quantitative estimate of drug-likeness (QED) is 0.464. The first-order chi connectivity index (χ1) is 14.2. The third-order valence-corrected chi connectivity index (χ3v) is 5.24. The molecule has 1 fully saturated rings. The number of carbonyl (C=O) groups is 1. The van der Waals surface area contributed by atoms with Crippen LogP contribution in [0.5, 0.6) is 5.75 Å². The molecule has 0 atom stereocenters. The summed E-state index contributed by atoms with van der Waals surface area (Å²) in [4.78, 5) is 19.0. The molecule has 29 heavy (non-hydrogen) atoms. The molecule has 0 unspecified atom stereocenters. The topological polar surface area (TPSA) is 54.5 Å². The molecule has 1 saturated heterocycles. The molecule has 2 rings (SSSR count). The zero-order chi connectivity index (χ0) is 20.9. The van der Waals surface area contributed by atoms with E-state index in [0.717, 1.165) is 51.6 Å². The van der Waals surface area contributed by atoms with Gasteiger partial charge in [-0.2, -0.15) is 0 Å². The first-order valence-corrected chi connectivity index (χ1v) is 10.7. The Morgan fingerprint density at radius 2 is 1.62 bits per heavy atom. The average Bonchev–Trinajstić information content (AvgIpc) is 2.76. The molecule has 164 valence electrons. The van der Waals surface area contributed by atoms with Crippen molar-refractivity contribution in [3.63, 3.8) is 0 Å². The van der Waals surface area contributed by atoms with E-state index in [9.17, 15) is 4.79 Å². The Labute approximate surface area is 175 Å². The molecule has 0 radical (unpaired) electrons. The monoisotopic (exact) mass is 407 g/mol. The second kappa shape index (κ2) is 13.5. The van der Waals surface area contributed by atoms with Gasteiger partial charge in [0.2, 0.25) is 5.91 Å². The van der Waals surface area contributed by atoms with Crippen molar-refractivity contribution >= 4 is 5.91 Å². The lowest BCUT2D eigenvalue weighted by atomic mass is 10.2. The van der Waals surface area contributed by atoms with E-state index in [0.29, 0.717) is 33.0 Å². The number of hydrogen-bond acceptors (Lipinski definition) is 6. The molecule has 7 heteroatoms. The maximum atomic E-state index is 12.4. The molecule has 1 aliphatic heterocycles. The zero-order valence-electron chi connectivity index (χ0n) is 18.3. The standard InChI is InChI=1S/C22H37N3O4/c1-4-23(5-2)19-22(26)25-12-10-24(11-13-25)18-20-6-8-21(9-7-20)29-17-16-28-15-14-27-3/h6-9H,4-5,10-19H2,1-3H3. The first kappa shape index (κ1) is 23.6. The van der Waals surface area contributed by atoms with Crippen LogP contribution in [-0.4, -0.2) is 100.0 Å². The molecule has 0 aliphatic carbocycles. The SMILES string of the molecule is CCN(CC)CC(=O)N1CCN(Cc2ccc(OCCOCCOC)cc2)CC1. The van der Waals surface area contributed by atoms with Gasteiger partial charge in [0.05, 0.1) is 26.4 Å². The zero-order valence-corrected chi connectivity index (χ0v) is 18.3. The second-order valence-corrected chi connectivity index (χ2v) is 7.22. The smallest absolute Gasteiger partial charge is 0.236 e. The van der Waals surface area contributed by atoms with Crippen molar-refractivity contribution in [2.75, 3.05) is 79.4 Å². The van der Waals surface area contributed by atoms with E-state index in [2.05, 4.69) is 35.8 Å². The predicted molar refractivity (Wildman–Crippen MR) is 114 cm³/mol. The molecule has 0 aromatic heterocycles. The van der Waals surface area contributed by atoms with E-state index in [1.54, 1.807) is 7.11 Å². The molecule has 0 N–H and O–H groups in total. The van der Waals surface area contributed by atoms with E-state index in [4.69, 9.17) is 14.2 Å². The summed E-state index contributed by atoms with van der Waals surface area (Å²) in [5, 5.41) is 0. The summed E-state index contributed by atoms with van der Waals surface area (Å²) in [6, 6.07) is 8.24. The fourth-order valence-electron chi connectivity index (χ4n) is 3.31. The van der Waals surface area contributed by atoms with Crippen LogP contribution in [0.1, 0.15) is 19.4 Å². The lowest BCUT2D eigenvalue weighted by molar-refractivity contribution is -0.134. The van der Waals surface area contributed by atoms with E-state index in [-0.39, 0.29) is 5.91 Å². The van der Waals surface area contributed by atoms with Crippen molar-refractivity contribution in [2.45, 2.75) is 20.4 Å². The highest BCUT2D eigenvalue weighted by Gasteiger charge is 2.22. The van der Waals surface area contributed by atoms with Gasteiger partial charge >= 0.3 is 0 Å². The summed E-state index contributed by atoms with van der Waals surface area (Å²) >= 11 is 0. The molecular formula is C22H37N3O4. The van der Waals surface area contributed by atoms with Gasteiger partial charge in [0, 0.05) is 39.8 Å². The van der Waals surface area contributed by atoms with E-state index in [1.807, 2.05) is 17.0 Å². The van der Waals surface area contributed by atoms with Crippen molar-refractivity contribution in [3.05, 3.63) is 29.8 Å². The van der Waals surface area contributed by atoms with Gasteiger partial charge in [0.1, 0.15) is 12.4 Å². The van der Waals surface area contributed by atoms with Gasteiger partial charge in [-0.25, -0.2) is 0 Å². The lowest BCUT2D eigenvalue weighted by Crippen LogP contribution is -2.50. The fourth-order valence-corrected chi connectivity index (χ4v) is 3.31. The number of amides is 1. The van der Waals surface area contributed by atoms with Crippen LogP contribution < -0.4 is 4.74 Å². The number of methoxy groups -OCH3 is 1. The van der Waals surface area contributed by atoms with Crippen LogP contribution in [0.4, 0.5) is 0 Å². The van der Waals surface area contributed by atoms with Gasteiger partial charge in [0.25, 0.3) is 0 Å². The summed E-state index contributed by atoms with van der Waals surface area (Å²) < 4.78 is 16.0. The Balaban J connectivity index is 1.66. The van der Waals surface area contributed by atoms with Crippen LogP contribution in [0.2, 0.25) is 0 Å².